The monoisotopic (exact) mass is 379 g/mol. The Bertz CT molecular complexity index is 782. The third kappa shape index (κ3) is 4.45. The lowest BCUT2D eigenvalue weighted by Gasteiger charge is -2.42. The van der Waals surface area contributed by atoms with Crippen molar-refractivity contribution in [3.8, 4) is 0 Å². The summed E-state index contributed by atoms with van der Waals surface area (Å²) in [6.07, 6.45) is -3.97. The number of sulfone groups is 1. The summed E-state index contributed by atoms with van der Waals surface area (Å²) < 4.78 is 67.9. The third-order valence-corrected chi connectivity index (χ3v) is 4.90. The maximum atomic E-state index is 12.9. The average molecular weight is 379 g/mol. The molecule has 1 saturated heterocycles. The summed E-state index contributed by atoms with van der Waals surface area (Å²) in [6.45, 7) is 5.43. The van der Waals surface area contributed by atoms with E-state index in [1.54, 1.807) is 20.8 Å². The Morgan fingerprint density at radius 1 is 1.24 bits per heavy atom. The second-order valence-corrected chi connectivity index (χ2v) is 8.98. The van der Waals surface area contributed by atoms with Crippen LogP contribution in [-0.2, 0) is 20.8 Å². The summed E-state index contributed by atoms with van der Waals surface area (Å²) >= 11 is 0. The predicted octanol–water partition coefficient (Wildman–Crippen LogP) is 3.79. The van der Waals surface area contributed by atoms with E-state index in [2.05, 4.69) is 0 Å². The van der Waals surface area contributed by atoms with Crippen LogP contribution in [0.15, 0.2) is 23.1 Å². The molecule has 1 aromatic carbocycles. The molecule has 9 heteroatoms. The molecule has 1 fully saturated rings. The Kier molecular flexibility index (Phi) is 4.84. The van der Waals surface area contributed by atoms with Gasteiger partial charge >= 0.3 is 12.3 Å². The molecule has 140 valence electrons. The SMILES string of the molecule is CC(C)(C)OC(=O)N1CCC1c1ccc(C(F)(F)F)cc1S(C)(=O)=O. The molecule has 1 aliphatic rings. The number of hydrogen-bond donors (Lipinski definition) is 0. The van der Waals surface area contributed by atoms with Gasteiger partial charge in [0.2, 0.25) is 0 Å². The number of benzene rings is 1. The molecule has 1 aliphatic heterocycles. The topological polar surface area (TPSA) is 63.7 Å². The van der Waals surface area contributed by atoms with Crippen LogP contribution in [-0.4, -0.2) is 37.8 Å². The number of carbonyl (C=O) groups excluding carboxylic acids is 1. The number of nitrogens with zero attached hydrogens (tertiary/aromatic N) is 1. The van der Waals surface area contributed by atoms with Crippen LogP contribution in [0.2, 0.25) is 0 Å². The van der Waals surface area contributed by atoms with Gasteiger partial charge < -0.3 is 9.64 Å². The number of hydrogen-bond acceptors (Lipinski definition) is 4. The minimum atomic E-state index is -4.65. The molecule has 0 aliphatic carbocycles. The Balaban J connectivity index is 2.41. The second kappa shape index (κ2) is 6.19. The standard InChI is InChI=1S/C16H20F3NO4S/c1-15(2,3)24-14(21)20-8-7-12(20)11-6-5-10(16(17,18)19)9-13(11)25(4,22)23/h5-6,9,12H,7-8H2,1-4H3. The quantitative estimate of drug-likeness (QED) is 0.784. The number of amides is 1. The molecule has 1 unspecified atom stereocenters. The van der Waals surface area contributed by atoms with Crippen LogP contribution < -0.4 is 0 Å². The van der Waals surface area contributed by atoms with Gasteiger partial charge in [0, 0.05) is 12.8 Å². The van der Waals surface area contributed by atoms with Gasteiger partial charge in [-0.25, -0.2) is 13.2 Å². The Morgan fingerprint density at radius 2 is 1.84 bits per heavy atom. The highest BCUT2D eigenvalue weighted by molar-refractivity contribution is 7.90. The van der Waals surface area contributed by atoms with Crippen molar-refractivity contribution < 1.29 is 31.1 Å². The van der Waals surface area contributed by atoms with E-state index in [0.717, 1.165) is 18.4 Å². The van der Waals surface area contributed by atoms with Crippen LogP contribution in [0.5, 0.6) is 0 Å². The van der Waals surface area contributed by atoms with Crippen LogP contribution >= 0.6 is 0 Å². The lowest BCUT2D eigenvalue weighted by atomic mass is 9.94. The highest BCUT2D eigenvalue weighted by Gasteiger charge is 2.40. The zero-order valence-corrected chi connectivity index (χ0v) is 15.2. The van der Waals surface area contributed by atoms with E-state index in [-0.39, 0.29) is 5.56 Å². The summed E-state index contributed by atoms with van der Waals surface area (Å²) in [7, 11) is -3.90. The van der Waals surface area contributed by atoms with Gasteiger partial charge in [-0.05, 0) is 44.9 Å². The molecule has 0 aromatic heterocycles. The molecule has 1 heterocycles. The summed E-state index contributed by atoms with van der Waals surface area (Å²) in [5.41, 5.74) is -1.59. The molecule has 0 saturated carbocycles. The van der Waals surface area contributed by atoms with Crippen molar-refractivity contribution in [2.45, 2.75) is 49.9 Å². The molecule has 1 aromatic rings. The number of carbonyl (C=O) groups is 1. The number of halogens is 3. The summed E-state index contributed by atoms with van der Waals surface area (Å²) in [5.74, 6) is 0. The van der Waals surface area contributed by atoms with E-state index >= 15 is 0 Å². The van der Waals surface area contributed by atoms with E-state index in [1.807, 2.05) is 0 Å². The smallest absolute Gasteiger partial charge is 0.416 e. The van der Waals surface area contributed by atoms with Gasteiger partial charge in [0.1, 0.15) is 5.60 Å². The molecule has 5 nitrogen and oxygen atoms in total. The van der Waals surface area contributed by atoms with Crippen LogP contribution in [0.4, 0.5) is 18.0 Å². The third-order valence-electron chi connectivity index (χ3n) is 3.75. The zero-order chi connectivity index (χ0) is 19.2. The van der Waals surface area contributed by atoms with Crippen molar-refractivity contribution in [3.05, 3.63) is 29.3 Å². The highest BCUT2D eigenvalue weighted by atomic mass is 32.2. The van der Waals surface area contributed by atoms with Gasteiger partial charge in [0.05, 0.1) is 16.5 Å². The lowest BCUT2D eigenvalue weighted by molar-refractivity contribution is -0.137. The summed E-state index contributed by atoms with van der Waals surface area (Å²) in [4.78, 5) is 13.1. The fraction of sp³-hybridized carbons (Fsp3) is 0.562. The lowest BCUT2D eigenvalue weighted by Crippen LogP contribution is -2.47. The molecule has 0 N–H and O–H groups in total. The molecule has 2 rings (SSSR count). The Morgan fingerprint density at radius 3 is 2.24 bits per heavy atom. The average Bonchev–Trinajstić information content (AvgIpc) is 2.32. The number of ether oxygens (including phenoxy) is 1. The van der Waals surface area contributed by atoms with Crippen molar-refractivity contribution in [1.29, 1.82) is 0 Å². The Hall–Kier alpha value is -1.77. The first-order valence-corrected chi connectivity index (χ1v) is 9.50. The molecule has 0 radical (unpaired) electrons. The molecular weight excluding hydrogens is 359 g/mol. The fourth-order valence-corrected chi connectivity index (χ4v) is 3.53. The first-order valence-electron chi connectivity index (χ1n) is 7.61. The van der Waals surface area contributed by atoms with E-state index in [9.17, 15) is 26.4 Å². The first-order chi connectivity index (χ1) is 11.2. The predicted molar refractivity (Wildman–Crippen MR) is 84.9 cm³/mol. The molecule has 0 spiro atoms. The summed E-state index contributed by atoms with van der Waals surface area (Å²) in [5, 5.41) is 0. The molecule has 1 atom stereocenters. The second-order valence-electron chi connectivity index (χ2n) is 7.00. The largest absolute Gasteiger partial charge is 0.444 e. The van der Waals surface area contributed by atoms with Gasteiger partial charge in [-0.2, -0.15) is 13.2 Å². The van der Waals surface area contributed by atoms with Crippen molar-refractivity contribution in [3.63, 3.8) is 0 Å². The van der Waals surface area contributed by atoms with E-state index < -0.39 is 44.2 Å². The van der Waals surface area contributed by atoms with Crippen LogP contribution in [0.1, 0.15) is 44.4 Å². The van der Waals surface area contributed by atoms with Gasteiger partial charge in [0.25, 0.3) is 0 Å². The Labute approximate surface area is 144 Å². The number of likely N-dealkylation sites (tertiary alicyclic amines) is 1. The van der Waals surface area contributed by atoms with E-state index in [4.69, 9.17) is 4.74 Å². The molecule has 25 heavy (non-hydrogen) atoms. The van der Waals surface area contributed by atoms with Gasteiger partial charge in [-0.15, -0.1) is 0 Å². The molecular formula is C16H20F3NO4S. The number of rotatable bonds is 2. The normalized spacial score (nSPS) is 18.7. The minimum absolute atomic E-state index is 0.174. The van der Waals surface area contributed by atoms with Crippen molar-refractivity contribution in [2.75, 3.05) is 12.8 Å². The fourth-order valence-electron chi connectivity index (χ4n) is 2.56. The van der Waals surface area contributed by atoms with Crippen molar-refractivity contribution >= 4 is 15.9 Å². The first kappa shape index (κ1) is 19.6. The number of alkyl halides is 3. The zero-order valence-electron chi connectivity index (χ0n) is 14.3. The maximum absolute atomic E-state index is 12.9. The van der Waals surface area contributed by atoms with E-state index in [0.29, 0.717) is 19.0 Å². The van der Waals surface area contributed by atoms with Crippen LogP contribution in [0.25, 0.3) is 0 Å². The highest BCUT2D eigenvalue weighted by Crippen LogP contribution is 2.40. The van der Waals surface area contributed by atoms with Crippen molar-refractivity contribution in [2.24, 2.45) is 0 Å². The summed E-state index contributed by atoms with van der Waals surface area (Å²) in [6, 6.07) is 1.95. The van der Waals surface area contributed by atoms with Gasteiger partial charge in [0.15, 0.2) is 9.84 Å². The maximum Gasteiger partial charge on any atom is 0.416 e. The molecule has 1 amide bonds. The van der Waals surface area contributed by atoms with E-state index in [1.165, 1.54) is 4.90 Å². The van der Waals surface area contributed by atoms with Crippen LogP contribution in [0, 0.1) is 0 Å². The van der Waals surface area contributed by atoms with Gasteiger partial charge in [-0.1, -0.05) is 6.07 Å². The molecule has 0 bridgehead atoms. The minimum Gasteiger partial charge on any atom is -0.444 e. The van der Waals surface area contributed by atoms with Gasteiger partial charge in [-0.3, -0.25) is 0 Å². The van der Waals surface area contributed by atoms with Crippen molar-refractivity contribution in [1.82, 2.24) is 4.90 Å². The van der Waals surface area contributed by atoms with Crippen LogP contribution in [0.3, 0.4) is 0 Å².